The first-order valence-electron chi connectivity index (χ1n) is 14.9. The van der Waals surface area contributed by atoms with Gasteiger partial charge in [0.15, 0.2) is 0 Å². The zero-order valence-corrected chi connectivity index (χ0v) is 25.7. The van der Waals surface area contributed by atoms with Crippen LogP contribution in [0.15, 0.2) is 42.6 Å². The Morgan fingerprint density at radius 2 is 1.88 bits per heavy atom. The van der Waals surface area contributed by atoms with Crippen LogP contribution in [-0.2, 0) is 16.1 Å². The molecule has 222 valence electrons. The molecule has 42 heavy (non-hydrogen) atoms. The largest absolute Gasteiger partial charge is 0.342 e. The van der Waals surface area contributed by atoms with Gasteiger partial charge in [0.25, 0.3) is 0 Å². The number of aromatic amines is 1. The van der Waals surface area contributed by atoms with Gasteiger partial charge >= 0.3 is 6.03 Å². The highest BCUT2D eigenvalue weighted by atomic mass is 32.2. The van der Waals surface area contributed by atoms with Gasteiger partial charge in [0, 0.05) is 49.7 Å². The summed E-state index contributed by atoms with van der Waals surface area (Å²) in [6.45, 7) is 11.0. The van der Waals surface area contributed by atoms with Gasteiger partial charge in [0.2, 0.25) is 11.8 Å². The second-order valence-corrected chi connectivity index (χ2v) is 14.3. The number of thioether (sulfide) groups is 1. The molecule has 3 aromatic rings. The molecular formula is C32H40N6O3S. The number of fused-ring (bicyclic) bond motifs is 2. The predicted molar refractivity (Wildman–Crippen MR) is 166 cm³/mol. The molecule has 9 nitrogen and oxygen atoms in total. The van der Waals surface area contributed by atoms with Crippen LogP contribution in [0.3, 0.4) is 0 Å². The topological polar surface area (TPSA) is 102 Å². The minimum absolute atomic E-state index is 0.0191. The van der Waals surface area contributed by atoms with Crippen molar-refractivity contribution in [3.05, 3.63) is 59.3 Å². The molecule has 2 N–H and O–H groups in total. The minimum Gasteiger partial charge on any atom is -0.342 e. The number of likely N-dealkylation sites (tertiary alicyclic amines) is 1. The van der Waals surface area contributed by atoms with Crippen molar-refractivity contribution in [2.75, 3.05) is 25.0 Å². The third-order valence-corrected chi connectivity index (χ3v) is 10.3. The Morgan fingerprint density at radius 3 is 2.64 bits per heavy atom. The number of rotatable bonds is 6. The molecular weight excluding hydrogens is 548 g/mol. The summed E-state index contributed by atoms with van der Waals surface area (Å²) in [7, 11) is 0. The summed E-state index contributed by atoms with van der Waals surface area (Å²) in [4.78, 5) is 45.8. The van der Waals surface area contributed by atoms with Crippen molar-refractivity contribution in [1.82, 2.24) is 24.9 Å². The Bertz CT molecular complexity index is 1510. The number of carbonyl (C=O) groups is 3. The third kappa shape index (κ3) is 5.73. The van der Waals surface area contributed by atoms with Crippen LogP contribution >= 0.6 is 11.8 Å². The summed E-state index contributed by atoms with van der Waals surface area (Å²) in [5, 5.41) is 10.7. The molecule has 1 aromatic heterocycles. The number of nitrogens with zero attached hydrogens (tertiary/aromatic N) is 4. The van der Waals surface area contributed by atoms with Crippen LogP contribution in [0.2, 0.25) is 0 Å². The fourth-order valence-corrected chi connectivity index (χ4v) is 7.76. The number of aromatic nitrogens is 2. The number of benzene rings is 2. The highest BCUT2D eigenvalue weighted by molar-refractivity contribution is 8.01. The number of urea groups is 1. The van der Waals surface area contributed by atoms with Gasteiger partial charge in [-0.25, -0.2) is 4.79 Å². The number of amides is 4. The first-order chi connectivity index (χ1) is 20.1. The average Bonchev–Trinajstić information content (AvgIpc) is 3.56. The summed E-state index contributed by atoms with van der Waals surface area (Å²) >= 11 is 1.60. The van der Waals surface area contributed by atoms with Crippen LogP contribution in [-0.4, -0.2) is 73.7 Å². The van der Waals surface area contributed by atoms with E-state index in [0.29, 0.717) is 26.2 Å². The number of carbonyl (C=O) groups excluding carboxylic acids is 3. The van der Waals surface area contributed by atoms with Gasteiger partial charge in [0.05, 0.1) is 17.0 Å². The van der Waals surface area contributed by atoms with E-state index in [0.717, 1.165) is 52.5 Å². The Kier molecular flexibility index (Phi) is 7.68. The van der Waals surface area contributed by atoms with Gasteiger partial charge in [-0.1, -0.05) is 45.0 Å². The van der Waals surface area contributed by atoms with E-state index in [-0.39, 0.29) is 41.1 Å². The molecule has 3 aliphatic rings. The normalized spacial score (nSPS) is 21.7. The zero-order valence-electron chi connectivity index (χ0n) is 24.9. The van der Waals surface area contributed by atoms with Crippen LogP contribution in [0, 0.1) is 12.3 Å². The number of hydrogen-bond acceptors (Lipinski definition) is 5. The molecule has 0 radical (unpaired) electrons. The Balaban J connectivity index is 1.11. The molecule has 2 fully saturated rings. The fourth-order valence-electron chi connectivity index (χ4n) is 6.30. The molecule has 0 saturated carbocycles. The molecule has 0 bridgehead atoms. The average molecular weight is 589 g/mol. The Labute approximate surface area is 251 Å². The summed E-state index contributed by atoms with van der Waals surface area (Å²) in [5.74, 6) is 0.0664. The van der Waals surface area contributed by atoms with E-state index in [2.05, 4.69) is 55.3 Å². The molecule has 2 aromatic carbocycles. The number of para-hydroxylation sites is 1. The molecule has 0 aliphatic carbocycles. The maximum absolute atomic E-state index is 13.8. The van der Waals surface area contributed by atoms with Crippen molar-refractivity contribution < 1.29 is 14.4 Å². The van der Waals surface area contributed by atoms with Gasteiger partial charge < -0.3 is 20.0 Å². The monoisotopic (exact) mass is 588 g/mol. The predicted octanol–water partition coefficient (Wildman–Crippen LogP) is 5.68. The van der Waals surface area contributed by atoms with Gasteiger partial charge in [-0.05, 0) is 60.4 Å². The molecule has 6 rings (SSSR count). The van der Waals surface area contributed by atoms with Crippen molar-refractivity contribution >= 4 is 46.2 Å². The molecule has 10 heteroatoms. The smallest absolute Gasteiger partial charge is 0.322 e. The minimum atomic E-state index is -0.412. The van der Waals surface area contributed by atoms with Crippen molar-refractivity contribution in [2.24, 2.45) is 5.41 Å². The molecule has 3 aliphatic heterocycles. The van der Waals surface area contributed by atoms with E-state index in [1.807, 2.05) is 45.2 Å². The van der Waals surface area contributed by atoms with Crippen molar-refractivity contribution in [1.29, 1.82) is 0 Å². The second-order valence-electron chi connectivity index (χ2n) is 13.0. The van der Waals surface area contributed by atoms with Gasteiger partial charge in [-0.15, -0.1) is 11.8 Å². The molecule has 2 saturated heterocycles. The Hall–Kier alpha value is -3.53. The van der Waals surface area contributed by atoms with E-state index in [1.165, 1.54) is 0 Å². The van der Waals surface area contributed by atoms with E-state index < -0.39 is 5.25 Å². The number of piperidine rings is 1. The first-order valence-corrected chi connectivity index (χ1v) is 15.8. The van der Waals surface area contributed by atoms with Crippen molar-refractivity contribution in [3.63, 3.8) is 0 Å². The first kappa shape index (κ1) is 28.6. The van der Waals surface area contributed by atoms with E-state index in [1.54, 1.807) is 11.8 Å². The maximum Gasteiger partial charge on any atom is 0.322 e. The van der Waals surface area contributed by atoms with E-state index in [4.69, 9.17) is 0 Å². The van der Waals surface area contributed by atoms with Crippen LogP contribution in [0.4, 0.5) is 10.5 Å². The summed E-state index contributed by atoms with van der Waals surface area (Å²) < 4.78 is 0. The van der Waals surface area contributed by atoms with Crippen molar-refractivity contribution in [3.8, 4) is 0 Å². The lowest BCUT2D eigenvalue weighted by molar-refractivity contribution is -0.137. The summed E-state index contributed by atoms with van der Waals surface area (Å²) in [5.41, 5.74) is 5.25. The van der Waals surface area contributed by atoms with Gasteiger partial charge in [-0.3, -0.25) is 14.7 Å². The summed E-state index contributed by atoms with van der Waals surface area (Å²) in [6.07, 6.45) is 4.37. The Morgan fingerprint density at radius 1 is 1.12 bits per heavy atom. The quantitative estimate of drug-likeness (QED) is 0.386. The SMILES string of the molecule is Cc1cc(C2SC(CC(=O)N3CCC(N4Cc5ccccc5NC4=O)CC3)C(=O)N2CCC(C)(C)C)cc2cn[nH]c12. The van der Waals surface area contributed by atoms with Gasteiger partial charge in [-0.2, -0.15) is 5.10 Å². The second kappa shape index (κ2) is 11.3. The number of H-pyrrole nitrogens is 1. The molecule has 4 amide bonds. The van der Waals surface area contributed by atoms with Crippen LogP contribution in [0.5, 0.6) is 0 Å². The lowest BCUT2D eigenvalue weighted by Crippen LogP contribution is -2.51. The lowest BCUT2D eigenvalue weighted by atomic mass is 9.92. The molecule has 0 spiro atoms. The van der Waals surface area contributed by atoms with Crippen molar-refractivity contribution in [2.45, 2.75) is 76.6 Å². The van der Waals surface area contributed by atoms with Crippen LogP contribution < -0.4 is 5.32 Å². The number of aryl methyl sites for hydroxylation is 1. The number of nitrogens with one attached hydrogen (secondary N) is 2. The standard InChI is InChI=1S/C32H40N6O3S/c1-20-15-22(16-23-18-33-35-28(20)23)30-37(14-11-32(2,3)4)29(40)26(42-30)17-27(39)36-12-9-24(10-13-36)38-19-21-7-5-6-8-25(21)34-31(38)41/h5-8,15-16,18,24,26,30H,9-14,17,19H2,1-4H3,(H,33,35)(H,34,41). The van der Waals surface area contributed by atoms with Crippen LogP contribution in [0.25, 0.3) is 10.9 Å². The fraction of sp³-hybridized carbons (Fsp3) is 0.500. The van der Waals surface area contributed by atoms with Gasteiger partial charge in [0.1, 0.15) is 5.37 Å². The number of anilines is 1. The summed E-state index contributed by atoms with van der Waals surface area (Å²) in [6, 6.07) is 12.2. The molecule has 4 heterocycles. The molecule has 2 unspecified atom stereocenters. The highest BCUT2D eigenvalue weighted by Crippen LogP contribution is 2.46. The lowest BCUT2D eigenvalue weighted by Gasteiger charge is -2.40. The maximum atomic E-state index is 13.8. The van der Waals surface area contributed by atoms with Crippen LogP contribution in [0.1, 0.15) is 68.5 Å². The highest BCUT2D eigenvalue weighted by Gasteiger charge is 2.43. The van der Waals surface area contributed by atoms with E-state index >= 15 is 0 Å². The molecule has 2 atom stereocenters. The van der Waals surface area contributed by atoms with E-state index in [9.17, 15) is 14.4 Å². The number of hydrogen-bond donors (Lipinski definition) is 2. The third-order valence-electron chi connectivity index (χ3n) is 8.77. The zero-order chi connectivity index (χ0) is 29.6.